The summed E-state index contributed by atoms with van der Waals surface area (Å²) in [6, 6.07) is 7.54. The molecule has 6 rings (SSSR count). The summed E-state index contributed by atoms with van der Waals surface area (Å²) in [6.07, 6.45) is 7.69. The highest BCUT2D eigenvalue weighted by molar-refractivity contribution is 6.07. The summed E-state index contributed by atoms with van der Waals surface area (Å²) in [7, 11) is 0. The van der Waals surface area contributed by atoms with Crippen LogP contribution in [0.25, 0.3) is 16.5 Å². The van der Waals surface area contributed by atoms with E-state index in [0.29, 0.717) is 34.0 Å². The number of fused-ring (bicyclic) bond motifs is 2. The third-order valence-corrected chi connectivity index (χ3v) is 7.00. The van der Waals surface area contributed by atoms with Gasteiger partial charge < -0.3 is 19.4 Å². The second-order valence-electron chi connectivity index (χ2n) is 9.20. The van der Waals surface area contributed by atoms with Crippen LogP contribution in [0.15, 0.2) is 41.1 Å². The lowest BCUT2D eigenvalue weighted by atomic mass is 9.93. The van der Waals surface area contributed by atoms with Gasteiger partial charge in [0.05, 0.1) is 17.3 Å². The molecule has 2 aliphatic rings. The minimum absolute atomic E-state index is 0.0281. The van der Waals surface area contributed by atoms with Crippen LogP contribution in [-0.2, 0) is 0 Å². The van der Waals surface area contributed by atoms with Gasteiger partial charge in [0, 0.05) is 42.8 Å². The van der Waals surface area contributed by atoms with E-state index in [1.807, 2.05) is 30.9 Å². The molecule has 1 saturated heterocycles. The van der Waals surface area contributed by atoms with E-state index in [1.165, 1.54) is 0 Å². The Kier molecular flexibility index (Phi) is 4.83. The summed E-state index contributed by atoms with van der Waals surface area (Å²) in [5.41, 5.74) is 3.41. The number of aromatic nitrogens is 2. The predicted octanol–water partition coefficient (Wildman–Crippen LogP) is 4.62. The maximum Gasteiger partial charge on any atom is 0.255 e. The van der Waals surface area contributed by atoms with Crippen molar-refractivity contribution in [1.29, 1.82) is 0 Å². The summed E-state index contributed by atoms with van der Waals surface area (Å²) in [5, 5.41) is 8.23. The van der Waals surface area contributed by atoms with Gasteiger partial charge in [-0.1, -0.05) is 0 Å². The van der Waals surface area contributed by atoms with Crippen molar-refractivity contribution in [3.05, 3.63) is 59.1 Å². The molecule has 0 radical (unpaired) electrons. The predicted molar refractivity (Wildman–Crippen MR) is 127 cm³/mol. The molecule has 0 atom stereocenters. The fourth-order valence-corrected chi connectivity index (χ4v) is 4.69. The first-order valence-corrected chi connectivity index (χ1v) is 11.8. The molecule has 2 amide bonds. The van der Waals surface area contributed by atoms with Crippen molar-refractivity contribution < 1.29 is 18.7 Å². The molecule has 1 aliphatic carbocycles. The van der Waals surface area contributed by atoms with Gasteiger partial charge >= 0.3 is 0 Å². The van der Waals surface area contributed by atoms with Gasteiger partial charge in [0.25, 0.3) is 11.8 Å². The van der Waals surface area contributed by atoms with Crippen molar-refractivity contribution in [2.24, 2.45) is 0 Å². The topological polar surface area (TPSA) is 89.1 Å². The number of carbonyl (C=O) groups excluding carboxylic acids is 2. The Bertz CT molecular complexity index is 1440. The van der Waals surface area contributed by atoms with Gasteiger partial charge in [-0.15, -0.1) is 0 Å². The lowest BCUT2D eigenvalue weighted by Gasteiger charge is -2.30. The maximum absolute atomic E-state index is 12.8. The Morgan fingerprint density at radius 3 is 2.68 bits per heavy atom. The van der Waals surface area contributed by atoms with Crippen molar-refractivity contribution in [1.82, 2.24) is 19.8 Å². The van der Waals surface area contributed by atoms with Crippen LogP contribution in [0.5, 0.6) is 11.5 Å². The Labute approximate surface area is 196 Å². The van der Waals surface area contributed by atoms with Crippen molar-refractivity contribution in [2.45, 2.75) is 45.6 Å². The fourth-order valence-electron chi connectivity index (χ4n) is 4.69. The summed E-state index contributed by atoms with van der Waals surface area (Å²) >= 11 is 0. The van der Waals surface area contributed by atoms with E-state index in [1.54, 1.807) is 29.0 Å². The van der Waals surface area contributed by atoms with Crippen molar-refractivity contribution in [2.75, 3.05) is 13.1 Å². The van der Waals surface area contributed by atoms with E-state index in [4.69, 9.17) is 9.15 Å². The van der Waals surface area contributed by atoms with Gasteiger partial charge in [-0.3, -0.25) is 9.59 Å². The molecule has 2 fully saturated rings. The van der Waals surface area contributed by atoms with Crippen LogP contribution in [0.4, 0.5) is 0 Å². The molecular formula is C26H26N4O4. The number of nitrogens with zero attached hydrogens (tertiary/aromatic N) is 3. The first-order valence-electron chi connectivity index (χ1n) is 11.8. The molecule has 4 heterocycles. The standard InChI is InChI=1S/C26H26N4O4/c1-15-20(26(32)29-11-4-12-29)14-30-24(15)21(9-10-27-30)34-18-7-8-19-22(13-18)33-16(2)23(19)25(31)28-17-5-3-6-17/h7-10,13-14,17H,3-6,11-12H2,1-2H3,(H,28,31). The van der Waals surface area contributed by atoms with Gasteiger partial charge in [0.2, 0.25) is 0 Å². The van der Waals surface area contributed by atoms with Gasteiger partial charge in [-0.2, -0.15) is 5.10 Å². The largest absolute Gasteiger partial charge is 0.460 e. The number of furan rings is 1. The molecular weight excluding hydrogens is 432 g/mol. The molecule has 4 aromatic rings. The van der Waals surface area contributed by atoms with E-state index >= 15 is 0 Å². The normalized spacial score (nSPS) is 15.9. The van der Waals surface area contributed by atoms with Crippen LogP contribution in [0.2, 0.25) is 0 Å². The molecule has 0 bridgehead atoms. The number of hydrogen-bond acceptors (Lipinski definition) is 5. The van der Waals surface area contributed by atoms with Crippen molar-refractivity contribution in [3.8, 4) is 11.5 Å². The molecule has 34 heavy (non-hydrogen) atoms. The minimum Gasteiger partial charge on any atom is -0.460 e. The van der Waals surface area contributed by atoms with Crippen LogP contribution in [0, 0.1) is 13.8 Å². The number of amides is 2. The maximum atomic E-state index is 12.8. The summed E-state index contributed by atoms with van der Waals surface area (Å²) in [4.78, 5) is 27.4. The summed E-state index contributed by atoms with van der Waals surface area (Å²) < 4.78 is 13.8. The Morgan fingerprint density at radius 1 is 1.15 bits per heavy atom. The SMILES string of the molecule is Cc1oc2cc(Oc3ccnn4cc(C(=O)N5CCC5)c(C)c34)ccc2c1C(=O)NC1CCC1. The minimum atomic E-state index is -0.0892. The molecule has 8 nitrogen and oxygen atoms in total. The van der Waals surface area contributed by atoms with Gasteiger partial charge in [0.1, 0.15) is 22.6 Å². The molecule has 0 spiro atoms. The van der Waals surface area contributed by atoms with E-state index in [0.717, 1.165) is 55.2 Å². The van der Waals surface area contributed by atoms with Gasteiger partial charge in [0.15, 0.2) is 5.75 Å². The molecule has 1 saturated carbocycles. The zero-order chi connectivity index (χ0) is 23.4. The first-order chi connectivity index (χ1) is 16.5. The van der Waals surface area contributed by atoms with Crippen molar-refractivity contribution >= 4 is 28.3 Å². The Balaban J connectivity index is 1.32. The van der Waals surface area contributed by atoms with Gasteiger partial charge in [-0.25, -0.2) is 4.52 Å². The van der Waals surface area contributed by atoms with Crippen LogP contribution in [0.1, 0.15) is 57.7 Å². The van der Waals surface area contributed by atoms with Crippen molar-refractivity contribution in [3.63, 3.8) is 0 Å². The summed E-state index contributed by atoms with van der Waals surface area (Å²) in [5.74, 6) is 1.71. The van der Waals surface area contributed by atoms with E-state index in [9.17, 15) is 9.59 Å². The average Bonchev–Trinajstić information content (AvgIpc) is 3.26. The average molecular weight is 459 g/mol. The number of carbonyl (C=O) groups is 2. The lowest BCUT2D eigenvalue weighted by molar-refractivity contribution is 0.0651. The van der Waals surface area contributed by atoms with Crippen LogP contribution in [-0.4, -0.2) is 45.5 Å². The summed E-state index contributed by atoms with van der Waals surface area (Å²) in [6.45, 7) is 5.32. The Hall–Kier alpha value is -3.81. The molecule has 1 aromatic carbocycles. The second-order valence-corrected chi connectivity index (χ2v) is 9.20. The highest BCUT2D eigenvalue weighted by atomic mass is 16.5. The third-order valence-electron chi connectivity index (χ3n) is 7.00. The number of likely N-dealkylation sites (tertiary alicyclic amines) is 1. The number of nitrogens with one attached hydrogen (secondary N) is 1. The smallest absolute Gasteiger partial charge is 0.255 e. The highest BCUT2D eigenvalue weighted by Gasteiger charge is 2.27. The Morgan fingerprint density at radius 2 is 1.97 bits per heavy atom. The van der Waals surface area contributed by atoms with Crippen LogP contribution >= 0.6 is 0 Å². The highest BCUT2D eigenvalue weighted by Crippen LogP contribution is 2.34. The zero-order valence-electron chi connectivity index (χ0n) is 19.3. The quantitative estimate of drug-likeness (QED) is 0.472. The van der Waals surface area contributed by atoms with Gasteiger partial charge in [-0.05, 0) is 57.2 Å². The number of rotatable bonds is 5. The third kappa shape index (κ3) is 3.32. The van der Waals surface area contributed by atoms with E-state index in [2.05, 4.69) is 10.4 Å². The number of benzene rings is 1. The van der Waals surface area contributed by atoms with Crippen LogP contribution < -0.4 is 10.1 Å². The second kappa shape index (κ2) is 7.90. The van der Waals surface area contributed by atoms with E-state index < -0.39 is 0 Å². The molecule has 0 unspecified atom stereocenters. The number of aryl methyl sites for hydroxylation is 2. The molecule has 174 valence electrons. The van der Waals surface area contributed by atoms with Crippen LogP contribution in [0.3, 0.4) is 0 Å². The fraction of sp³-hybridized carbons (Fsp3) is 0.346. The lowest BCUT2D eigenvalue weighted by Crippen LogP contribution is -2.42. The molecule has 1 aliphatic heterocycles. The monoisotopic (exact) mass is 458 g/mol. The number of ether oxygens (including phenoxy) is 1. The molecule has 1 N–H and O–H groups in total. The number of hydrogen-bond donors (Lipinski definition) is 1. The zero-order valence-corrected chi connectivity index (χ0v) is 19.3. The first kappa shape index (κ1) is 20.8. The molecule has 8 heteroatoms. The van der Waals surface area contributed by atoms with E-state index in [-0.39, 0.29) is 17.9 Å². The molecule has 3 aromatic heterocycles.